The van der Waals surface area contributed by atoms with Crippen molar-refractivity contribution in [2.45, 2.75) is 18.4 Å². The van der Waals surface area contributed by atoms with Gasteiger partial charge in [0.15, 0.2) is 0 Å². The van der Waals surface area contributed by atoms with Gasteiger partial charge in [-0.1, -0.05) is 0 Å². The third-order valence-electron chi connectivity index (χ3n) is 3.05. The Bertz CT molecular complexity index is 503. The molecule has 0 amide bonds. The molecule has 1 heterocycles. The van der Waals surface area contributed by atoms with Gasteiger partial charge in [-0.2, -0.15) is 0 Å². The first kappa shape index (κ1) is 8.80. The van der Waals surface area contributed by atoms with Gasteiger partial charge >= 0.3 is 0 Å². The molecule has 0 unspecified atom stereocenters. The summed E-state index contributed by atoms with van der Waals surface area (Å²) < 4.78 is 10.7. The molecule has 2 aromatic rings. The van der Waals surface area contributed by atoms with Crippen LogP contribution in [-0.4, -0.2) is 13.2 Å². The fraction of sp³-hybridized carbons (Fsp3) is 0.333. The fourth-order valence-electron chi connectivity index (χ4n) is 2.01. The van der Waals surface area contributed by atoms with Crippen LogP contribution in [0.3, 0.4) is 0 Å². The van der Waals surface area contributed by atoms with Gasteiger partial charge in [0.05, 0.1) is 13.4 Å². The summed E-state index contributed by atoms with van der Waals surface area (Å²) in [7, 11) is 1.67. The average molecular weight is 203 g/mol. The number of nitrogens with two attached hydrogens (primary N) is 1. The summed E-state index contributed by atoms with van der Waals surface area (Å²) in [5, 5.41) is 1.13. The Hall–Kier alpha value is -1.48. The number of ether oxygens (including phenoxy) is 1. The Balaban J connectivity index is 2.14. The Morgan fingerprint density at radius 1 is 1.47 bits per heavy atom. The smallest absolute Gasteiger partial charge is 0.134 e. The molecule has 3 heteroatoms. The van der Waals surface area contributed by atoms with Crippen molar-refractivity contribution in [3.05, 3.63) is 30.0 Å². The van der Waals surface area contributed by atoms with E-state index in [1.165, 1.54) is 5.56 Å². The van der Waals surface area contributed by atoms with Crippen molar-refractivity contribution in [2.24, 2.45) is 5.73 Å². The molecule has 15 heavy (non-hydrogen) atoms. The number of furan rings is 1. The molecule has 0 saturated heterocycles. The average Bonchev–Trinajstić information content (AvgIpc) is 2.84. The van der Waals surface area contributed by atoms with Crippen molar-refractivity contribution in [3.8, 4) is 5.75 Å². The Morgan fingerprint density at radius 3 is 2.93 bits per heavy atom. The zero-order chi connectivity index (χ0) is 10.4. The lowest BCUT2D eigenvalue weighted by atomic mass is 10.1. The number of hydrogen-bond acceptors (Lipinski definition) is 3. The Labute approximate surface area is 87.8 Å². The van der Waals surface area contributed by atoms with Gasteiger partial charge in [0, 0.05) is 22.9 Å². The maximum atomic E-state index is 5.85. The zero-order valence-electron chi connectivity index (χ0n) is 8.57. The van der Waals surface area contributed by atoms with Crippen LogP contribution < -0.4 is 10.5 Å². The SMILES string of the molecule is COc1ccc2occ([C@@H]3C[C@H]3N)c2c1. The van der Waals surface area contributed by atoms with E-state index < -0.39 is 0 Å². The minimum absolute atomic E-state index is 0.303. The van der Waals surface area contributed by atoms with Gasteiger partial charge in [-0.05, 0) is 24.6 Å². The van der Waals surface area contributed by atoms with E-state index in [2.05, 4.69) is 0 Å². The lowest BCUT2D eigenvalue weighted by molar-refractivity contribution is 0.415. The number of fused-ring (bicyclic) bond motifs is 1. The van der Waals surface area contributed by atoms with Gasteiger partial charge in [0.2, 0.25) is 0 Å². The van der Waals surface area contributed by atoms with Crippen molar-refractivity contribution >= 4 is 11.0 Å². The van der Waals surface area contributed by atoms with Crippen molar-refractivity contribution in [1.29, 1.82) is 0 Å². The second-order valence-corrected chi connectivity index (χ2v) is 4.06. The van der Waals surface area contributed by atoms with Crippen LogP contribution in [0.2, 0.25) is 0 Å². The predicted octanol–water partition coefficient (Wildman–Crippen LogP) is 2.26. The van der Waals surface area contributed by atoms with Gasteiger partial charge < -0.3 is 14.9 Å². The van der Waals surface area contributed by atoms with E-state index in [0.717, 1.165) is 23.1 Å². The molecular formula is C12H13NO2. The van der Waals surface area contributed by atoms with E-state index in [-0.39, 0.29) is 0 Å². The van der Waals surface area contributed by atoms with Crippen molar-refractivity contribution in [3.63, 3.8) is 0 Å². The molecule has 2 N–H and O–H groups in total. The van der Waals surface area contributed by atoms with Crippen LogP contribution in [0.1, 0.15) is 17.9 Å². The van der Waals surface area contributed by atoms with E-state index in [9.17, 15) is 0 Å². The third kappa shape index (κ3) is 1.31. The van der Waals surface area contributed by atoms with Gasteiger partial charge in [-0.15, -0.1) is 0 Å². The standard InChI is InChI=1S/C12H13NO2/c1-14-7-2-3-12-9(4-7)10(6-15-12)8-5-11(8)13/h2-4,6,8,11H,5,13H2,1H3/t8-,11+/m0/s1. The molecule has 2 atom stereocenters. The van der Waals surface area contributed by atoms with Gasteiger partial charge in [-0.25, -0.2) is 0 Å². The van der Waals surface area contributed by atoms with Crippen LogP contribution in [0, 0.1) is 0 Å². The van der Waals surface area contributed by atoms with Crippen molar-refractivity contribution in [2.75, 3.05) is 7.11 Å². The summed E-state index contributed by atoms with van der Waals surface area (Å²) in [6.45, 7) is 0. The third-order valence-corrected chi connectivity index (χ3v) is 3.05. The molecule has 1 fully saturated rings. The summed E-state index contributed by atoms with van der Waals surface area (Å²) in [4.78, 5) is 0. The van der Waals surface area contributed by atoms with Gasteiger partial charge in [0.1, 0.15) is 11.3 Å². The fourth-order valence-corrected chi connectivity index (χ4v) is 2.01. The lowest BCUT2D eigenvalue weighted by Gasteiger charge is -1.99. The van der Waals surface area contributed by atoms with Gasteiger partial charge in [-0.3, -0.25) is 0 Å². The van der Waals surface area contributed by atoms with E-state index in [1.807, 2.05) is 24.5 Å². The highest BCUT2D eigenvalue weighted by Gasteiger charge is 2.37. The summed E-state index contributed by atoms with van der Waals surface area (Å²) >= 11 is 0. The van der Waals surface area contributed by atoms with E-state index in [4.69, 9.17) is 14.9 Å². The molecule has 1 aromatic carbocycles. The maximum absolute atomic E-state index is 5.85. The first-order chi connectivity index (χ1) is 7.29. The highest BCUT2D eigenvalue weighted by atomic mass is 16.5. The largest absolute Gasteiger partial charge is 0.497 e. The first-order valence-corrected chi connectivity index (χ1v) is 5.10. The number of hydrogen-bond donors (Lipinski definition) is 1. The summed E-state index contributed by atoms with van der Waals surface area (Å²) in [5.74, 6) is 1.33. The van der Waals surface area contributed by atoms with Crippen LogP contribution in [0.15, 0.2) is 28.9 Å². The molecule has 0 radical (unpaired) electrons. The highest BCUT2D eigenvalue weighted by Crippen LogP contribution is 2.43. The molecule has 1 aromatic heterocycles. The molecule has 0 bridgehead atoms. The summed E-state index contributed by atoms with van der Waals surface area (Å²) in [5.41, 5.74) is 7.97. The van der Waals surface area contributed by atoms with Crippen LogP contribution in [0.5, 0.6) is 5.75 Å². The molecule has 3 nitrogen and oxygen atoms in total. The maximum Gasteiger partial charge on any atom is 0.134 e. The number of benzene rings is 1. The second-order valence-electron chi connectivity index (χ2n) is 4.06. The summed E-state index contributed by atoms with van der Waals surface area (Å²) in [6.07, 6.45) is 2.88. The molecule has 0 aliphatic heterocycles. The van der Waals surface area contributed by atoms with E-state index in [1.54, 1.807) is 7.11 Å². The Kier molecular flexibility index (Phi) is 1.76. The molecule has 1 aliphatic rings. The van der Waals surface area contributed by atoms with E-state index in [0.29, 0.717) is 12.0 Å². The molecule has 3 rings (SSSR count). The molecule has 1 aliphatic carbocycles. The van der Waals surface area contributed by atoms with Crippen LogP contribution in [-0.2, 0) is 0 Å². The second kappa shape index (κ2) is 3.00. The van der Waals surface area contributed by atoms with Crippen LogP contribution >= 0.6 is 0 Å². The van der Waals surface area contributed by atoms with E-state index >= 15 is 0 Å². The van der Waals surface area contributed by atoms with Crippen LogP contribution in [0.4, 0.5) is 0 Å². The van der Waals surface area contributed by atoms with Crippen molar-refractivity contribution in [1.82, 2.24) is 0 Å². The number of methoxy groups -OCH3 is 1. The highest BCUT2D eigenvalue weighted by molar-refractivity contribution is 5.83. The topological polar surface area (TPSA) is 48.4 Å². The quantitative estimate of drug-likeness (QED) is 0.814. The van der Waals surface area contributed by atoms with Crippen molar-refractivity contribution < 1.29 is 9.15 Å². The Morgan fingerprint density at radius 2 is 2.27 bits per heavy atom. The summed E-state index contributed by atoms with van der Waals surface area (Å²) in [6, 6.07) is 6.16. The number of rotatable bonds is 2. The monoisotopic (exact) mass is 203 g/mol. The molecule has 0 spiro atoms. The normalized spacial score (nSPS) is 24.4. The first-order valence-electron chi connectivity index (χ1n) is 5.10. The lowest BCUT2D eigenvalue weighted by Crippen LogP contribution is -2.00. The molecular weight excluding hydrogens is 190 g/mol. The minimum atomic E-state index is 0.303. The van der Waals surface area contributed by atoms with Crippen LogP contribution in [0.25, 0.3) is 11.0 Å². The molecule has 78 valence electrons. The minimum Gasteiger partial charge on any atom is -0.497 e. The van der Waals surface area contributed by atoms with Gasteiger partial charge in [0.25, 0.3) is 0 Å². The molecule has 1 saturated carbocycles. The zero-order valence-corrected chi connectivity index (χ0v) is 8.57. The predicted molar refractivity (Wildman–Crippen MR) is 58.1 cm³/mol.